The van der Waals surface area contributed by atoms with Crippen LogP contribution in [0, 0.1) is 5.82 Å². The van der Waals surface area contributed by atoms with E-state index in [2.05, 4.69) is 4.98 Å². The van der Waals surface area contributed by atoms with Crippen LogP contribution in [0.3, 0.4) is 0 Å². The van der Waals surface area contributed by atoms with Crippen molar-refractivity contribution in [1.82, 2.24) is 9.55 Å². The fraction of sp³-hybridized carbons (Fsp3) is 0.111. The third-order valence-corrected chi connectivity index (χ3v) is 3.60. The minimum Gasteiger partial charge on any atom is -0.478 e. The summed E-state index contributed by atoms with van der Waals surface area (Å²) >= 11 is 0. The second-order valence-electron chi connectivity index (χ2n) is 5.28. The fourth-order valence-corrected chi connectivity index (χ4v) is 2.44. The van der Waals surface area contributed by atoms with Crippen molar-refractivity contribution in [1.29, 1.82) is 0 Å². The van der Waals surface area contributed by atoms with E-state index >= 15 is 0 Å². The van der Waals surface area contributed by atoms with Gasteiger partial charge in [0.15, 0.2) is 0 Å². The Morgan fingerprint density at radius 1 is 1.13 bits per heavy atom. The molecule has 0 atom stereocenters. The summed E-state index contributed by atoms with van der Waals surface area (Å²) in [5.74, 6) is -0.357. The van der Waals surface area contributed by atoms with Crippen LogP contribution in [0.2, 0.25) is 0 Å². The van der Waals surface area contributed by atoms with Gasteiger partial charge < -0.3 is 9.67 Å². The molecular formula is C18H15FN2O2. The van der Waals surface area contributed by atoms with Gasteiger partial charge in [-0.15, -0.1) is 0 Å². The molecule has 5 heteroatoms. The van der Waals surface area contributed by atoms with Crippen LogP contribution < -0.4 is 0 Å². The van der Waals surface area contributed by atoms with E-state index in [1.165, 1.54) is 12.1 Å². The van der Waals surface area contributed by atoms with E-state index < -0.39 is 5.97 Å². The number of halogens is 1. The Morgan fingerprint density at radius 3 is 2.65 bits per heavy atom. The van der Waals surface area contributed by atoms with E-state index in [9.17, 15) is 9.18 Å². The Balaban J connectivity index is 1.79. The summed E-state index contributed by atoms with van der Waals surface area (Å²) in [6, 6.07) is 13.2. The smallest absolute Gasteiger partial charge is 0.335 e. The lowest BCUT2D eigenvalue weighted by Gasteiger charge is -2.09. The molecule has 0 aliphatic carbocycles. The van der Waals surface area contributed by atoms with Crippen LogP contribution in [0.15, 0.2) is 60.9 Å². The van der Waals surface area contributed by atoms with Gasteiger partial charge in [0.1, 0.15) is 11.6 Å². The number of imidazole rings is 1. The number of carboxylic acids is 1. The van der Waals surface area contributed by atoms with Crippen molar-refractivity contribution in [2.45, 2.75) is 13.0 Å². The molecule has 3 rings (SSSR count). The Labute approximate surface area is 132 Å². The van der Waals surface area contributed by atoms with Crippen molar-refractivity contribution >= 4 is 5.97 Å². The summed E-state index contributed by atoms with van der Waals surface area (Å²) in [5.41, 5.74) is 2.13. The van der Waals surface area contributed by atoms with Crippen molar-refractivity contribution in [2.75, 3.05) is 0 Å². The quantitative estimate of drug-likeness (QED) is 0.786. The summed E-state index contributed by atoms with van der Waals surface area (Å²) in [6.45, 7) is 0.539. The third-order valence-electron chi connectivity index (χ3n) is 3.60. The maximum absolute atomic E-state index is 13.0. The molecule has 0 aliphatic rings. The Kier molecular flexibility index (Phi) is 4.19. The van der Waals surface area contributed by atoms with E-state index in [0.29, 0.717) is 13.0 Å². The summed E-state index contributed by atoms with van der Waals surface area (Å²) < 4.78 is 14.9. The summed E-state index contributed by atoms with van der Waals surface area (Å²) in [4.78, 5) is 15.4. The molecule has 0 amide bonds. The minimum atomic E-state index is -0.941. The van der Waals surface area contributed by atoms with Crippen molar-refractivity contribution < 1.29 is 14.3 Å². The third kappa shape index (κ3) is 3.63. The first-order chi connectivity index (χ1) is 11.1. The Hall–Kier alpha value is -2.95. The van der Waals surface area contributed by atoms with E-state index in [1.807, 2.05) is 16.8 Å². The maximum Gasteiger partial charge on any atom is 0.335 e. The van der Waals surface area contributed by atoms with Crippen LogP contribution in [0.1, 0.15) is 27.3 Å². The second kappa shape index (κ2) is 6.44. The molecule has 0 bridgehead atoms. The molecule has 4 nitrogen and oxygen atoms in total. The number of benzene rings is 2. The number of carboxylic acid groups (broad SMARTS) is 1. The monoisotopic (exact) mass is 310 g/mol. The average molecular weight is 310 g/mol. The second-order valence-corrected chi connectivity index (χ2v) is 5.28. The highest BCUT2D eigenvalue weighted by Crippen LogP contribution is 2.13. The lowest BCUT2D eigenvalue weighted by molar-refractivity contribution is 0.0696. The molecule has 1 aromatic heterocycles. The molecule has 116 valence electrons. The largest absolute Gasteiger partial charge is 0.478 e. The highest BCUT2D eigenvalue weighted by Gasteiger charge is 2.07. The van der Waals surface area contributed by atoms with E-state index in [1.54, 1.807) is 36.5 Å². The predicted octanol–water partition coefficient (Wildman–Crippen LogP) is 3.36. The van der Waals surface area contributed by atoms with Gasteiger partial charge in [-0.05, 0) is 35.4 Å². The highest BCUT2D eigenvalue weighted by molar-refractivity contribution is 5.87. The van der Waals surface area contributed by atoms with Crippen LogP contribution in [0.25, 0.3) is 0 Å². The molecule has 3 aromatic rings. The molecule has 0 saturated carbocycles. The topological polar surface area (TPSA) is 55.1 Å². The number of nitrogens with zero attached hydrogens (tertiary/aromatic N) is 2. The number of hydrogen-bond acceptors (Lipinski definition) is 2. The lowest BCUT2D eigenvalue weighted by Crippen LogP contribution is -2.06. The normalized spacial score (nSPS) is 10.7. The standard InChI is InChI=1S/C18H15FN2O2/c19-16-6-4-13(5-7-16)11-17-20-8-9-21(17)12-14-2-1-3-15(10-14)18(22)23/h1-10H,11-12H2,(H,22,23). The van der Waals surface area contributed by atoms with Gasteiger partial charge in [0.25, 0.3) is 0 Å². The van der Waals surface area contributed by atoms with Crippen LogP contribution in [-0.4, -0.2) is 20.6 Å². The predicted molar refractivity (Wildman–Crippen MR) is 83.9 cm³/mol. The number of aromatic nitrogens is 2. The van der Waals surface area contributed by atoms with Crippen molar-refractivity contribution in [3.8, 4) is 0 Å². The van der Waals surface area contributed by atoms with Gasteiger partial charge in [-0.1, -0.05) is 24.3 Å². The molecule has 0 aliphatic heterocycles. The van der Waals surface area contributed by atoms with Crippen molar-refractivity contribution in [3.05, 3.63) is 89.3 Å². The van der Waals surface area contributed by atoms with Gasteiger partial charge in [0.05, 0.1) is 5.56 Å². The van der Waals surface area contributed by atoms with Gasteiger partial charge >= 0.3 is 5.97 Å². The number of carbonyl (C=O) groups is 1. The van der Waals surface area contributed by atoms with Crippen LogP contribution >= 0.6 is 0 Å². The molecule has 23 heavy (non-hydrogen) atoms. The van der Waals surface area contributed by atoms with Gasteiger partial charge in [-0.2, -0.15) is 0 Å². The fourth-order valence-electron chi connectivity index (χ4n) is 2.44. The molecule has 2 aromatic carbocycles. The van der Waals surface area contributed by atoms with E-state index in [-0.39, 0.29) is 11.4 Å². The first kappa shape index (κ1) is 15.0. The van der Waals surface area contributed by atoms with Gasteiger partial charge in [-0.3, -0.25) is 0 Å². The molecule has 0 spiro atoms. The average Bonchev–Trinajstić information content (AvgIpc) is 2.97. The number of aromatic carboxylic acids is 1. The summed E-state index contributed by atoms with van der Waals surface area (Å²) in [7, 11) is 0. The lowest BCUT2D eigenvalue weighted by atomic mass is 10.1. The molecule has 0 fully saturated rings. The van der Waals surface area contributed by atoms with Crippen molar-refractivity contribution in [2.24, 2.45) is 0 Å². The first-order valence-corrected chi connectivity index (χ1v) is 7.18. The van der Waals surface area contributed by atoms with Gasteiger partial charge in [-0.25, -0.2) is 14.2 Å². The molecule has 1 N–H and O–H groups in total. The van der Waals surface area contributed by atoms with Gasteiger partial charge in [0.2, 0.25) is 0 Å². The Bertz CT molecular complexity index is 825. The number of rotatable bonds is 5. The molecule has 0 unspecified atom stereocenters. The zero-order chi connectivity index (χ0) is 16.2. The zero-order valence-corrected chi connectivity index (χ0v) is 12.3. The molecule has 0 saturated heterocycles. The Morgan fingerprint density at radius 2 is 1.91 bits per heavy atom. The number of hydrogen-bond donors (Lipinski definition) is 1. The highest BCUT2D eigenvalue weighted by atomic mass is 19.1. The van der Waals surface area contributed by atoms with Gasteiger partial charge in [0, 0.05) is 25.4 Å². The van der Waals surface area contributed by atoms with E-state index in [4.69, 9.17) is 5.11 Å². The van der Waals surface area contributed by atoms with Crippen LogP contribution in [0.4, 0.5) is 4.39 Å². The van der Waals surface area contributed by atoms with Crippen molar-refractivity contribution in [3.63, 3.8) is 0 Å². The molecule has 1 heterocycles. The molecular weight excluding hydrogens is 295 g/mol. The SMILES string of the molecule is O=C(O)c1cccc(Cn2ccnc2Cc2ccc(F)cc2)c1. The van der Waals surface area contributed by atoms with Crippen LogP contribution in [0.5, 0.6) is 0 Å². The zero-order valence-electron chi connectivity index (χ0n) is 12.3. The first-order valence-electron chi connectivity index (χ1n) is 7.18. The van der Waals surface area contributed by atoms with E-state index in [0.717, 1.165) is 17.0 Å². The maximum atomic E-state index is 13.0. The minimum absolute atomic E-state index is 0.262. The summed E-state index contributed by atoms with van der Waals surface area (Å²) in [6.07, 6.45) is 4.15. The molecule has 0 radical (unpaired) electrons. The summed E-state index contributed by atoms with van der Waals surface area (Å²) in [5, 5.41) is 9.06. The van der Waals surface area contributed by atoms with Crippen LogP contribution in [-0.2, 0) is 13.0 Å².